The third-order valence-corrected chi connectivity index (χ3v) is 4.15. The van der Waals surface area contributed by atoms with Gasteiger partial charge in [0, 0.05) is 17.1 Å². The number of rotatable bonds is 5. The van der Waals surface area contributed by atoms with Crippen LogP contribution in [0.3, 0.4) is 0 Å². The molecule has 0 fully saturated rings. The van der Waals surface area contributed by atoms with Gasteiger partial charge in [-0.3, -0.25) is 4.68 Å². The zero-order chi connectivity index (χ0) is 14.7. The Morgan fingerprint density at radius 1 is 1.40 bits per heavy atom. The molecule has 0 aliphatic rings. The summed E-state index contributed by atoms with van der Waals surface area (Å²) in [7, 11) is 1.60. The van der Waals surface area contributed by atoms with E-state index in [4.69, 9.17) is 4.74 Å². The molecule has 0 aliphatic heterocycles. The summed E-state index contributed by atoms with van der Waals surface area (Å²) in [6.45, 7) is 1.01. The number of ether oxygens (including phenoxy) is 1. The van der Waals surface area contributed by atoms with E-state index in [0.29, 0.717) is 33.4 Å². The second kappa shape index (κ2) is 6.80. The van der Waals surface area contributed by atoms with Crippen LogP contribution in [0.1, 0.15) is 17.4 Å². The van der Waals surface area contributed by atoms with E-state index in [0.717, 1.165) is 0 Å². The van der Waals surface area contributed by atoms with Crippen LogP contribution < -0.4 is 0 Å². The summed E-state index contributed by atoms with van der Waals surface area (Å²) in [4.78, 5) is 0. The molecule has 2 aromatic rings. The molecule has 7 heteroatoms. The summed E-state index contributed by atoms with van der Waals surface area (Å²) in [5.41, 5.74) is 1.18. The summed E-state index contributed by atoms with van der Waals surface area (Å²) < 4.78 is 21.0. The lowest BCUT2D eigenvalue weighted by atomic mass is 10.1. The molecule has 0 aliphatic carbocycles. The Hall–Kier alpha value is -0.760. The van der Waals surface area contributed by atoms with Gasteiger partial charge in [0.25, 0.3) is 0 Å². The maximum atomic E-state index is 13.1. The molecule has 20 heavy (non-hydrogen) atoms. The molecule has 0 amide bonds. The Kier molecular flexibility index (Phi) is 5.31. The van der Waals surface area contributed by atoms with Gasteiger partial charge in [-0.05, 0) is 28.1 Å². The smallest absolute Gasteiger partial charge is 0.124 e. The number of hydrogen-bond acceptors (Lipinski definition) is 3. The molecule has 0 bridgehead atoms. The molecule has 1 aromatic heterocycles. The highest BCUT2D eigenvalue weighted by Crippen LogP contribution is 2.32. The number of nitrogens with zero attached hydrogens (tertiary/aromatic N) is 2. The monoisotopic (exact) mass is 406 g/mol. The fraction of sp³-hybridized carbons (Fsp3) is 0.308. The Bertz CT molecular complexity index is 604. The average Bonchev–Trinajstić information content (AvgIpc) is 2.77. The van der Waals surface area contributed by atoms with E-state index in [1.54, 1.807) is 24.1 Å². The summed E-state index contributed by atoms with van der Waals surface area (Å²) in [5.74, 6) is -0.361. The van der Waals surface area contributed by atoms with Gasteiger partial charge in [0.05, 0.1) is 29.5 Å². The molecule has 0 saturated carbocycles. The lowest BCUT2D eigenvalue weighted by Crippen LogP contribution is -2.14. The zero-order valence-electron chi connectivity index (χ0n) is 10.7. The predicted molar refractivity (Wildman–Crippen MR) is 80.0 cm³/mol. The summed E-state index contributed by atoms with van der Waals surface area (Å²) in [5, 5.41) is 14.7. The van der Waals surface area contributed by atoms with Gasteiger partial charge in [0.1, 0.15) is 11.9 Å². The first-order chi connectivity index (χ1) is 9.54. The third kappa shape index (κ3) is 3.28. The molecule has 108 valence electrons. The second-order valence-corrected chi connectivity index (χ2v) is 5.87. The van der Waals surface area contributed by atoms with E-state index in [2.05, 4.69) is 37.0 Å². The molecular formula is C13H13Br2FN2O2. The van der Waals surface area contributed by atoms with E-state index in [1.165, 1.54) is 12.1 Å². The highest BCUT2D eigenvalue weighted by atomic mass is 79.9. The van der Waals surface area contributed by atoms with Crippen LogP contribution in [-0.4, -0.2) is 28.6 Å². The maximum Gasteiger partial charge on any atom is 0.124 e. The van der Waals surface area contributed by atoms with Crippen LogP contribution in [0.2, 0.25) is 0 Å². The molecule has 1 unspecified atom stereocenters. The van der Waals surface area contributed by atoms with Crippen molar-refractivity contribution in [3.63, 3.8) is 0 Å². The molecule has 4 nitrogen and oxygen atoms in total. The fourth-order valence-electron chi connectivity index (χ4n) is 1.87. The van der Waals surface area contributed by atoms with E-state index < -0.39 is 6.10 Å². The number of benzene rings is 1. The van der Waals surface area contributed by atoms with Gasteiger partial charge < -0.3 is 9.84 Å². The highest BCUT2D eigenvalue weighted by Gasteiger charge is 2.21. The maximum absolute atomic E-state index is 13.1. The Balaban J connectivity index is 2.37. The molecule has 0 radical (unpaired) electrons. The molecule has 1 heterocycles. The number of halogens is 3. The van der Waals surface area contributed by atoms with Crippen molar-refractivity contribution in [2.24, 2.45) is 0 Å². The van der Waals surface area contributed by atoms with Crippen LogP contribution in [-0.2, 0) is 11.3 Å². The van der Waals surface area contributed by atoms with Gasteiger partial charge in [-0.25, -0.2) is 4.39 Å². The highest BCUT2D eigenvalue weighted by molar-refractivity contribution is 9.10. The summed E-state index contributed by atoms with van der Waals surface area (Å²) >= 11 is 6.64. The predicted octanol–water partition coefficient (Wildman–Crippen LogP) is 3.28. The number of methoxy groups -OCH3 is 1. The van der Waals surface area contributed by atoms with Crippen LogP contribution in [0.15, 0.2) is 33.3 Å². The largest absolute Gasteiger partial charge is 0.383 e. The van der Waals surface area contributed by atoms with Gasteiger partial charge in [0.15, 0.2) is 0 Å². The molecule has 1 N–H and O–H groups in total. The van der Waals surface area contributed by atoms with Crippen LogP contribution in [0.25, 0.3) is 0 Å². The van der Waals surface area contributed by atoms with Crippen molar-refractivity contribution in [2.45, 2.75) is 12.6 Å². The van der Waals surface area contributed by atoms with Crippen LogP contribution in [0.5, 0.6) is 0 Å². The SMILES string of the molecule is COCCn1ncc(Br)c1C(O)c1ccc(F)cc1Br. The van der Waals surface area contributed by atoms with Crippen molar-refractivity contribution in [3.8, 4) is 0 Å². The van der Waals surface area contributed by atoms with E-state index in [1.807, 2.05) is 0 Å². The van der Waals surface area contributed by atoms with E-state index in [-0.39, 0.29) is 5.82 Å². The topological polar surface area (TPSA) is 47.3 Å². The van der Waals surface area contributed by atoms with Gasteiger partial charge >= 0.3 is 0 Å². The van der Waals surface area contributed by atoms with Crippen LogP contribution in [0, 0.1) is 5.82 Å². The molecule has 1 atom stereocenters. The first kappa shape index (κ1) is 15.6. The normalized spacial score (nSPS) is 12.7. The van der Waals surface area contributed by atoms with E-state index >= 15 is 0 Å². The first-order valence-electron chi connectivity index (χ1n) is 5.87. The average molecular weight is 408 g/mol. The van der Waals surface area contributed by atoms with E-state index in [9.17, 15) is 9.50 Å². The van der Waals surface area contributed by atoms with Crippen molar-refractivity contribution in [1.82, 2.24) is 9.78 Å². The number of aromatic nitrogens is 2. The zero-order valence-corrected chi connectivity index (χ0v) is 13.9. The fourth-order valence-corrected chi connectivity index (χ4v) is 2.95. The molecule has 0 saturated heterocycles. The molecule has 2 rings (SSSR count). The Morgan fingerprint density at radius 3 is 2.80 bits per heavy atom. The number of hydrogen-bond donors (Lipinski definition) is 1. The van der Waals surface area contributed by atoms with Gasteiger partial charge in [-0.2, -0.15) is 5.10 Å². The van der Waals surface area contributed by atoms with Crippen molar-refractivity contribution >= 4 is 31.9 Å². The summed E-state index contributed by atoms with van der Waals surface area (Å²) in [6.07, 6.45) is 0.699. The molecule has 1 aromatic carbocycles. The lowest BCUT2D eigenvalue weighted by molar-refractivity contribution is 0.171. The number of aliphatic hydroxyl groups excluding tert-OH is 1. The van der Waals surface area contributed by atoms with Crippen LogP contribution >= 0.6 is 31.9 Å². The number of aliphatic hydroxyl groups is 1. The lowest BCUT2D eigenvalue weighted by Gasteiger charge is -2.16. The quantitative estimate of drug-likeness (QED) is 0.827. The van der Waals surface area contributed by atoms with Crippen molar-refractivity contribution in [3.05, 3.63) is 50.4 Å². The van der Waals surface area contributed by atoms with Crippen molar-refractivity contribution < 1.29 is 14.2 Å². The van der Waals surface area contributed by atoms with Crippen molar-refractivity contribution in [2.75, 3.05) is 13.7 Å². The summed E-state index contributed by atoms with van der Waals surface area (Å²) in [6, 6.07) is 4.18. The second-order valence-electron chi connectivity index (χ2n) is 4.16. The minimum absolute atomic E-state index is 0.361. The minimum atomic E-state index is -0.918. The van der Waals surface area contributed by atoms with Gasteiger partial charge in [-0.15, -0.1) is 0 Å². The Morgan fingerprint density at radius 2 is 2.15 bits per heavy atom. The first-order valence-corrected chi connectivity index (χ1v) is 7.46. The van der Waals surface area contributed by atoms with Gasteiger partial charge in [-0.1, -0.05) is 22.0 Å². The minimum Gasteiger partial charge on any atom is -0.383 e. The third-order valence-electron chi connectivity index (χ3n) is 2.86. The standard InChI is InChI=1S/C13H13Br2FN2O2/c1-20-5-4-18-12(11(15)7-17-18)13(19)9-3-2-8(16)6-10(9)14/h2-3,6-7,13,19H,4-5H2,1H3. The van der Waals surface area contributed by atoms with Crippen molar-refractivity contribution in [1.29, 1.82) is 0 Å². The van der Waals surface area contributed by atoms with Gasteiger partial charge in [0.2, 0.25) is 0 Å². The van der Waals surface area contributed by atoms with Crippen LogP contribution in [0.4, 0.5) is 4.39 Å². The Labute approximate surface area is 132 Å². The molecular weight excluding hydrogens is 395 g/mol. The molecule has 0 spiro atoms.